The summed E-state index contributed by atoms with van der Waals surface area (Å²) in [5, 5.41) is 8.93. The molecule has 1 aromatic rings. The fraction of sp³-hybridized carbons (Fsp3) is 0.588. The van der Waals surface area contributed by atoms with Crippen LogP contribution in [0.3, 0.4) is 0 Å². The summed E-state index contributed by atoms with van der Waals surface area (Å²) in [7, 11) is 1.62. The molecule has 1 fully saturated rings. The van der Waals surface area contributed by atoms with Crippen molar-refractivity contribution < 1.29 is 14.7 Å². The highest BCUT2D eigenvalue weighted by Gasteiger charge is 2.19. The Bertz CT molecular complexity index is 537. The number of pyridine rings is 1. The molecule has 1 unspecified atom stereocenters. The third-order valence-electron chi connectivity index (χ3n) is 4.24. The van der Waals surface area contributed by atoms with Gasteiger partial charge in [0.05, 0.1) is 11.5 Å². The van der Waals surface area contributed by atoms with E-state index < -0.39 is 11.9 Å². The molecule has 1 saturated heterocycles. The predicted octanol–water partition coefficient (Wildman–Crippen LogP) is 2.25. The number of anilines is 1. The minimum absolute atomic E-state index is 0.183. The van der Waals surface area contributed by atoms with E-state index in [-0.39, 0.29) is 12.5 Å². The van der Waals surface area contributed by atoms with Crippen molar-refractivity contribution in [3.8, 4) is 0 Å². The molecular weight excluding hydrogens is 294 g/mol. The lowest BCUT2D eigenvalue weighted by Gasteiger charge is -2.22. The lowest BCUT2D eigenvalue weighted by atomic mass is 10.1. The fourth-order valence-electron chi connectivity index (χ4n) is 2.79. The maximum Gasteiger partial charge on any atom is 0.308 e. The Morgan fingerprint density at radius 3 is 2.43 bits per heavy atom. The monoisotopic (exact) mass is 319 g/mol. The van der Waals surface area contributed by atoms with Crippen LogP contribution < -0.4 is 4.90 Å². The smallest absolute Gasteiger partial charge is 0.308 e. The average Bonchev–Trinajstić information content (AvgIpc) is 2.83. The first kappa shape index (κ1) is 17.2. The van der Waals surface area contributed by atoms with E-state index in [4.69, 9.17) is 5.11 Å². The molecule has 23 heavy (non-hydrogen) atoms. The summed E-state index contributed by atoms with van der Waals surface area (Å²) >= 11 is 0. The van der Waals surface area contributed by atoms with Crippen LogP contribution in [0.25, 0.3) is 0 Å². The molecule has 1 aromatic heterocycles. The van der Waals surface area contributed by atoms with Gasteiger partial charge in [-0.15, -0.1) is 0 Å². The second kappa shape index (κ2) is 7.94. The van der Waals surface area contributed by atoms with Gasteiger partial charge in [0.15, 0.2) is 0 Å². The number of carboxylic acid groups (broad SMARTS) is 1. The van der Waals surface area contributed by atoms with Crippen LogP contribution >= 0.6 is 0 Å². The van der Waals surface area contributed by atoms with Gasteiger partial charge in [0, 0.05) is 32.9 Å². The van der Waals surface area contributed by atoms with E-state index in [1.54, 1.807) is 26.2 Å². The largest absolute Gasteiger partial charge is 0.481 e. The number of hydrogen-bond donors (Lipinski definition) is 1. The summed E-state index contributed by atoms with van der Waals surface area (Å²) in [6, 6.07) is 3.66. The van der Waals surface area contributed by atoms with E-state index in [0.29, 0.717) is 5.56 Å². The molecule has 2 heterocycles. The number of nitrogens with zero attached hydrogens (tertiary/aromatic N) is 3. The minimum Gasteiger partial charge on any atom is -0.481 e. The van der Waals surface area contributed by atoms with E-state index in [1.807, 2.05) is 6.07 Å². The van der Waals surface area contributed by atoms with Gasteiger partial charge in [-0.05, 0) is 25.0 Å². The van der Waals surface area contributed by atoms with Gasteiger partial charge in [0.25, 0.3) is 5.91 Å². The molecule has 0 aliphatic carbocycles. The quantitative estimate of drug-likeness (QED) is 0.901. The van der Waals surface area contributed by atoms with Crippen molar-refractivity contribution >= 4 is 17.7 Å². The molecule has 1 atom stereocenters. The molecule has 6 heteroatoms. The Balaban J connectivity index is 2.00. The summed E-state index contributed by atoms with van der Waals surface area (Å²) in [5.74, 6) is -0.786. The Morgan fingerprint density at radius 2 is 1.91 bits per heavy atom. The summed E-state index contributed by atoms with van der Waals surface area (Å²) < 4.78 is 0. The normalized spacial score (nSPS) is 16.5. The van der Waals surface area contributed by atoms with E-state index in [0.717, 1.165) is 18.9 Å². The van der Waals surface area contributed by atoms with E-state index >= 15 is 0 Å². The van der Waals surface area contributed by atoms with Crippen LogP contribution in [0, 0.1) is 5.92 Å². The molecule has 1 aliphatic heterocycles. The van der Waals surface area contributed by atoms with Crippen LogP contribution in [-0.4, -0.2) is 53.5 Å². The SMILES string of the molecule is CC(CN(C)C(=O)c1ccc(N2CCCCCC2)nc1)C(=O)O. The highest BCUT2D eigenvalue weighted by atomic mass is 16.4. The van der Waals surface area contributed by atoms with Gasteiger partial charge in [-0.2, -0.15) is 0 Å². The second-order valence-electron chi connectivity index (χ2n) is 6.23. The van der Waals surface area contributed by atoms with Crippen LogP contribution in [0.1, 0.15) is 43.0 Å². The predicted molar refractivity (Wildman–Crippen MR) is 88.7 cm³/mol. The van der Waals surface area contributed by atoms with Gasteiger partial charge in [-0.25, -0.2) is 4.98 Å². The number of aliphatic carboxylic acids is 1. The van der Waals surface area contributed by atoms with E-state index in [2.05, 4.69) is 9.88 Å². The highest BCUT2D eigenvalue weighted by molar-refractivity contribution is 5.94. The molecule has 0 spiro atoms. The third-order valence-corrected chi connectivity index (χ3v) is 4.24. The van der Waals surface area contributed by atoms with Crippen molar-refractivity contribution in [3.05, 3.63) is 23.9 Å². The first-order chi connectivity index (χ1) is 11.0. The Labute approximate surface area is 137 Å². The van der Waals surface area contributed by atoms with Crippen molar-refractivity contribution in [2.24, 2.45) is 5.92 Å². The molecule has 0 aromatic carbocycles. The van der Waals surface area contributed by atoms with Gasteiger partial charge in [-0.1, -0.05) is 19.8 Å². The first-order valence-electron chi connectivity index (χ1n) is 8.18. The average molecular weight is 319 g/mol. The maximum atomic E-state index is 12.3. The minimum atomic E-state index is -0.903. The van der Waals surface area contributed by atoms with Crippen LogP contribution in [0.5, 0.6) is 0 Å². The number of carbonyl (C=O) groups is 2. The number of carbonyl (C=O) groups excluding carboxylic acids is 1. The summed E-state index contributed by atoms with van der Waals surface area (Å²) in [6.07, 6.45) is 6.47. The molecule has 1 aliphatic rings. The molecule has 6 nitrogen and oxygen atoms in total. The second-order valence-corrected chi connectivity index (χ2v) is 6.23. The maximum absolute atomic E-state index is 12.3. The molecule has 2 rings (SSSR count). The number of rotatable bonds is 5. The molecule has 0 radical (unpaired) electrons. The zero-order valence-corrected chi connectivity index (χ0v) is 13.9. The number of amides is 1. The summed E-state index contributed by atoms with van der Waals surface area (Å²) in [4.78, 5) is 31.3. The zero-order valence-electron chi connectivity index (χ0n) is 13.9. The lowest BCUT2D eigenvalue weighted by molar-refractivity contribution is -0.141. The number of aromatic nitrogens is 1. The fourth-order valence-corrected chi connectivity index (χ4v) is 2.79. The van der Waals surface area contributed by atoms with E-state index in [1.165, 1.54) is 30.6 Å². The van der Waals surface area contributed by atoms with Gasteiger partial charge < -0.3 is 14.9 Å². The molecule has 1 amide bonds. The van der Waals surface area contributed by atoms with Crippen LogP contribution in [0.15, 0.2) is 18.3 Å². The molecule has 0 saturated carbocycles. The molecule has 1 N–H and O–H groups in total. The van der Waals surface area contributed by atoms with Crippen molar-refractivity contribution in [2.75, 3.05) is 31.6 Å². The van der Waals surface area contributed by atoms with Gasteiger partial charge in [0.2, 0.25) is 0 Å². The highest BCUT2D eigenvalue weighted by Crippen LogP contribution is 2.18. The standard InChI is InChI=1S/C17H25N3O3/c1-13(17(22)23)12-19(2)16(21)14-7-8-15(18-11-14)20-9-5-3-4-6-10-20/h7-8,11,13H,3-6,9-10,12H2,1-2H3,(H,22,23). The van der Waals surface area contributed by atoms with Gasteiger partial charge >= 0.3 is 5.97 Å². The van der Waals surface area contributed by atoms with Crippen molar-refractivity contribution in [1.82, 2.24) is 9.88 Å². The molecule has 126 valence electrons. The first-order valence-corrected chi connectivity index (χ1v) is 8.18. The topological polar surface area (TPSA) is 73.7 Å². The molecule has 0 bridgehead atoms. The van der Waals surface area contributed by atoms with Crippen LogP contribution in [0.2, 0.25) is 0 Å². The van der Waals surface area contributed by atoms with Crippen LogP contribution in [0.4, 0.5) is 5.82 Å². The number of carboxylic acids is 1. The van der Waals surface area contributed by atoms with Gasteiger partial charge in [0.1, 0.15) is 5.82 Å². The number of hydrogen-bond acceptors (Lipinski definition) is 4. The summed E-state index contributed by atoms with van der Waals surface area (Å²) in [5.41, 5.74) is 0.490. The Kier molecular flexibility index (Phi) is 5.96. The summed E-state index contributed by atoms with van der Waals surface area (Å²) in [6.45, 7) is 3.79. The molecular formula is C17H25N3O3. The van der Waals surface area contributed by atoms with E-state index in [9.17, 15) is 9.59 Å². The lowest BCUT2D eigenvalue weighted by Crippen LogP contribution is -2.33. The van der Waals surface area contributed by atoms with Crippen molar-refractivity contribution in [2.45, 2.75) is 32.6 Å². The Morgan fingerprint density at radius 1 is 1.26 bits per heavy atom. The van der Waals surface area contributed by atoms with Crippen LogP contribution in [-0.2, 0) is 4.79 Å². The Hall–Kier alpha value is -2.11. The third kappa shape index (κ3) is 4.68. The van der Waals surface area contributed by atoms with Crippen molar-refractivity contribution in [3.63, 3.8) is 0 Å². The zero-order chi connectivity index (χ0) is 16.8. The van der Waals surface area contributed by atoms with Gasteiger partial charge in [-0.3, -0.25) is 9.59 Å². The van der Waals surface area contributed by atoms with Crippen molar-refractivity contribution in [1.29, 1.82) is 0 Å².